The van der Waals surface area contributed by atoms with Crippen molar-refractivity contribution in [2.24, 2.45) is 0 Å². The summed E-state index contributed by atoms with van der Waals surface area (Å²) in [6, 6.07) is 29.7. The Morgan fingerprint density at radius 1 is 0.683 bits per heavy atom. The first-order chi connectivity index (χ1) is 19.0. The Bertz CT molecular complexity index is 1890. The summed E-state index contributed by atoms with van der Waals surface area (Å²) in [4.78, 5) is 9.73. The molecule has 6 rings (SSSR count). The zero-order chi connectivity index (χ0) is 28.2. The molecule has 0 spiro atoms. The van der Waals surface area contributed by atoms with Crippen LogP contribution in [0.2, 0.25) is 0 Å². The van der Waals surface area contributed by atoms with Crippen LogP contribution < -0.4 is 0 Å². The van der Waals surface area contributed by atoms with Crippen molar-refractivity contribution >= 4 is 22.0 Å². The van der Waals surface area contributed by atoms with Crippen LogP contribution in [-0.2, 0) is 31.9 Å². The van der Waals surface area contributed by atoms with E-state index in [1.54, 1.807) is 6.07 Å². The number of hydrogen-bond acceptors (Lipinski definition) is 4. The number of aromatic nitrogens is 2. The first-order valence-electron chi connectivity index (χ1n) is 13.6. The van der Waals surface area contributed by atoms with Gasteiger partial charge in [-0.3, -0.25) is 4.98 Å². The van der Waals surface area contributed by atoms with Gasteiger partial charge in [0.2, 0.25) is 0 Å². The maximum atomic E-state index is 10.5. The predicted octanol–water partition coefficient (Wildman–Crippen LogP) is 9.48. The van der Waals surface area contributed by atoms with Gasteiger partial charge in [0.1, 0.15) is 16.8 Å². The predicted molar refractivity (Wildman–Crippen MR) is 164 cm³/mol. The molecule has 1 N–H and O–H groups in total. The molecule has 0 atom stereocenters. The molecule has 0 aliphatic heterocycles. The monoisotopic (exact) mass is 720 g/mol. The van der Waals surface area contributed by atoms with Gasteiger partial charge < -0.3 is 9.52 Å². The van der Waals surface area contributed by atoms with E-state index in [0.29, 0.717) is 17.0 Å². The fourth-order valence-corrected chi connectivity index (χ4v) is 5.08. The number of pyridine rings is 1. The molecule has 41 heavy (non-hydrogen) atoms. The van der Waals surface area contributed by atoms with Crippen molar-refractivity contribution in [2.75, 3.05) is 0 Å². The van der Waals surface area contributed by atoms with Crippen LogP contribution in [0.4, 0.5) is 0 Å². The first-order valence-corrected chi connectivity index (χ1v) is 13.6. The second-order valence-corrected chi connectivity index (χ2v) is 12.5. The van der Waals surface area contributed by atoms with E-state index >= 15 is 0 Å². The Balaban J connectivity index is 0.00000337. The van der Waals surface area contributed by atoms with E-state index in [0.717, 1.165) is 44.3 Å². The van der Waals surface area contributed by atoms with Crippen molar-refractivity contribution in [3.63, 3.8) is 0 Å². The van der Waals surface area contributed by atoms with E-state index in [4.69, 9.17) is 14.4 Å². The quantitative estimate of drug-likeness (QED) is 0.185. The number of fused-ring (bicyclic) bond motifs is 2. The van der Waals surface area contributed by atoms with E-state index in [1.165, 1.54) is 5.56 Å². The van der Waals surface area contributed by atoms with Gasteiger partial charge in [-0.1, -0.05) is 101 Å². The van der Waals surface area contributed by atoms with E-state index in [2.05, 4.69) is 77.9 Å². The third-order valence-corrected chi connectivity index (χ3v) is 7.44. The zero-order valence-electron chi connectivity index (χ0n) is 24.1. The molecule has 4 aromatic carbocycles. The van der Waals surface area contributed by atoms with Crippen molar-refractivity contribution in [3.05, 3.63) is 102 Å². The van der Waals surface area contributed by atoms with Gasteiger partial charge in [-0.15, -0.1) is 29.3 Å². The van der Waals surface area contributed by atoms with E-state index < -0.39 is 0 Å². The molecule has 6 aromatic rings. The number of phenols is 1. The number of rotatable bonds is 3. The van der Waals surface area contributed by atoms with E-state index in [1.807, 2.05) is 48.7 Å². The topological polar surface area (TPSA) is 59.2 Å². The summed E-state index contributed by atoms with van der Waals surface area (Å²) in [7, 11) is 0. The smallest absolute Gasteiger partial charge is 0.159 e. The molecule has 0 saturated carbocycles. The molecule has 0 amide bonds. The fraction of sp³-hybridized carbons (Fsp3) is 0.222. The maximum Gasteiger partial charge on any atom is 0.159 e. The minimum atomic E-state index is -0.115. The van der Waals surface area contributed by atoms with Crippen LogP contribution >= 0.6 is 0 Å². The fourth-order valence-electron chi connectivity index (χ4n) is 5.08. The van der Waals surface area contributed by atoms with Gasteiger partial charge in [0, 0.05) is 43.9 Å². The molecule has 0 radical (unpaired) electrons. The average Bonchev–Trinajstić information content (AvgIpc) is 3.36. The van der Waals surface area contributed by atoms with Gasteiger partial charge in [0.15, 0.2) is 5.89 Å². The largest absolute Gasteiger partial charge is 0.507 e. The van der Waals surface area contributed by atoms with Gasteiger partial charge >= 0.3 is 0 Å². The minimum absolute atomic E-state index is 0. The van der Waals surface area contributed by atoms with Crippen molar-refractivity contribution in [1.82, 2.24) is 9.97 Å². The van der Waals surface area contributed by atoms with Gasteiger partial charge in [-0.05, 0) is 40.0 Å². The summed E-state index contributed by atoms with van der Waals surface area (Å²) in [5.41, 5.74) is 8.91. The number of nitrogens with zero attached hydrogens (tertiary/aromatic N) is 2. The number of benzene rings is 4. The van der Waals surface area contributed by atoms with Crippen molar-refractivity contribution < 1.29 is 30.6 Å². The summed E-state index contributed by atoms with van der Waals surface area (Å²) in [5, 5.41) is 11.6. The Hall–Kier alpha value is -3.75. The maximum absolute atomic E-state index is 10.5. The summed E-state index contributed by atoms with van der Waals surface area (Å²) < 4.78 is 6.34. The SMILES string of the molecule is CC(C)(C)c1cc(-c2nc3c(-c4ccccc4O)cccc3o2)[c-]c(-c2cc(C(C)(C)C)cc3cccnc23)c1.[Pt]. The van der Waals surface area contributed by atoms with Crippen molar-refractivity contribution in [2.45, 2.75) is 52.4 Å². The van der Waals surface area contributed by atoms with Crippen LogP contribution in [0.1, 0.15) is 52.7 Å². The van der Waals surface area contributed by atoms with Gasteiger partial charge in [0.05, 0.1) is 0 Å². The molecule has 0 fully saturated rings. The number of oxazole rings is 1. The van der Waals surface area contributed by atoms with Gasteiger partial charge in [-0.25, -0.2) is 4.98 Å². The van der Waals surface area contributed by atoms with Crippen LogP contribution in [0, 0.1) is 6.07 Å². The minimum Gasteiger partial charge on any atom is -0.507 e. The number of para-hydroxylation sites is 2. The Labute approximate surface area is 255 Å². The molecule has 0 aliphatic carbocycles. The summed E-state index contributed by atoms with van der Waals surface area (Å²) in [5.74, 6) is 0.704. The number of hydrogen-bond donors (Lipinski definition) is 1. The van der Waals surface area contributed by atoms with Crippen molar-refractivity contribution in [3.8, 4) is 39.5 Å². The molecule has 0 unspecified atom stereocenters. The molecule has 2 aromatic heterocycles. The van der Waals surface area contributed by atoms with Gasteiger partial charge in [-0.2, -0.15) is 0 Å². The molecular formula is C36H33N2O2Pt-. The average molecular weight is 721 g/mol. The molecule has 5 heteroatoms. The number of phenolic OH excluding ortho intramolecular Hbond substituents is 1. The first kappa shape index (κ1) is 28.8. The second kappa shape index (κ2) is 10.6. The third kappa shape index (κ3) is 5.46. The third-order valence-electron chi connectivity index (χ3n) is 7.44. The Morgan fingerprint density at radius 2 is 1.37 bits per heavy atom. The summed E-state index contributed by atoms with van der Waals surface area (Å²) >= 11 is 0. The number of aromatic hydroxyl groups is 1. The Kier molecular flexibility index (Phi) is 7.42. The molecule has 0 aliphatic rings. The molecule has 0 bridgehead atoms. The van der Waals surface area contributed by atoms with Crippen LogP contribution in [0.3, 0.4) is 0 Å². The normalized spacial score (nSPS) is 12.0. The van der Waals surface area contributed by atoms with Crippen LogP contribution in [0.15, 0.2) is 89.5 Å². The molecule has 4 nitrogen and oxygen atoms in total. The van der Waals surface area contributed by atoms with Crippen LogP contribution in [0.25, 0.3) is 55.7 Å². The van der Waals surface area contributed by atoms with Crippen LogP contribution in [-0.4, -0.2) is 15.1 Å². The van der Waals surface area contributed by atoms with Crippen molar-refractivity contribution in [1.29, 1.82) is 0 Å². The van der Waals surface area contributed by atoms with Gasteiger partial charge in [0.25, 0.3) is 0 Å². The van der Waals surface area contributed by atoms with E-state index in [9.17, 15) is 5.11 Å². The Morgan fingerprint density at radius 3 is 2.10 bits per heavy atom. The zero-order valence-corrected chi connectivity index (χ0v) is 26.4. The summed E-state index contributed by atoms with van der Waals surface area (Å²) in [6.07, 6.45) is 1.85. The van der Waals surface area contributed by atoms with Crippen LogP contribution in [0.5, 0.6) is 5.75 Å². The molecule has 0 saturated heterocycles. The standard InChI is InChI=1S/C36H33N2O2.Pt/c1-35(2,3)25-19-23(29-21-26(36(4,5)6)18-22-11-10-16-37-32(22)29)17-24(20-25)34-38-33-28(13-9-15-31(33)40-34)27-12-7-8-14-30(27)39;/h7-16,18-21,39H,1-6H3;/q-1;. The molecule has 210 valence electrons. The molecule has 2 heterocycles. The second-order valence-electron chi connectivity index (χ2n) is 12.5. The summed E-state index contributed by atoms with van der Waals surface area (Å²) in [6.45, 7) is 13.3. The molecular weight excluding hydrogens is 687 g/mol. The van der Waals surface area contributed by atoms with E-state index in [-0.39, 0.29) is 37.6 Å².